The van der Waals surface area contributed by atoms with Crippen LogP contribution in [0.1, 0.15) is 11.3 Å². The number of hydrogen-bond donors (Lipinski definition) is 0. The van der Waals surface area contributed by atoms with Crippen LogP contribution in [0.4, 0.5) is 5.82 Å². The number of hydrogen-bond acceptors (Lipinski definition) is 4. The minimum absolute atomic E-state index is 0.966. The first-order valence-corrected chi connectivity index (χ1v) is 8.53. The van der Waals surface area contributed by atoms with Gasteiger partial charge >= 0.3 is 0 Å². The molecular formula is C20H22N4. The number of fused-ring (bicyclic) bond motifs is 1. The smallest absolute Gasteiger partial charge is 0.151 e. The van der Waals surface area contributed by atoms with E-state index in [9.17, 15) is 0 Å². The number of aryl methyl sites for hydroxylation is 1. The van der Waals surface area contributed by atoms with Gasteiger partial charge in [0.15, 0.2) is 5.82 Å². The van der Waals surface area contributed by atoms with Gasteiger partial charge in [0.1, 0.15) is 0 Å². The van der Waals surface area contributed by atoms with Gasteiger partial charge in [-0.25, -0.2) is 0 Å². The Labute approximate surface area is 142 Å². The van der Waals surface area contributed by atoms with Gasteiger partial charge in [-0.2, -0.15) is 5.10 Å². The number of rotatable bonds is 3. The summed E-state index contributed by atoms with van der Waals surface area (Å²) in [5.74, 6) is 0.992. The van der Waals surface area contributed by atoms with Crippen molar-refractivity contribution in [3.05, 3.63) is 65.9 Å². The van der Waals surface area contributed by atoms with Crippen LogP contribution < -0.4 is 4.90 Å². The summed E-state index contributed by atoms with van der Waals surface area (Å²) in [4.78, 5) is 4.84. The quantitative estimate of drug-likeness (QED) is 0.742. The number of piperazine rings is 1. The minimum atomic E-state index is 0.966. The first-order valence-electron chi connectivity index (χ1n) is 8.53. The van der Waals surface area contributed by atoms with Gasteiger partial charge in [0, 0.05) is 32.7 Å². The van der Waals surface area contributed by atoms with Crippen molar-refractivity contribution < 1.29 is 0 Å². The van der Waals surface area contributed by atoms with Gasteiger partial charge in [-0.05, 0) is 41.5 Å². The third-order valence-electron chi connectivity index (χ3n) is 4.70. The van der Waals surface area contributed by atoms with Crippen molar-refractivity contribution in [2.45, 2.75) is 13.5 Å². The van der Waals surface area contributed by atoms with Crippen LogP contribution in [0.25, 0.3) is 10.8 Å². The van der Waals surface area contributed by atoms with E-state index >= 15 is 0 Å². The second kappa shape index (κ2) is 6.57. The van der Waals surface area contributed by atoms with Gasteiger partial charge < -0.3 is 4.90 Å². The molecule has 0 spiro atoms. The van der Waals surface area contributed by atoms with Crippen molar-refractivity contribution in [2.75, 3.05) is 31.1 Å². The average Bonchev–Trinajstić information content (AvgIpc) is 2.63. The molecule has 0 aliphatic carbocycles. The summed E-state index contributed by atoms with van der Waals surface area (Å²) in [6.45, 7) is 7.11. The summed E-state index contributed by atoms with van der Waals surface area (Å²) in [5.41, 5.74) is 2.35. The topological polar surface area (TPSA) is 32.3 Å². The zero-order chi connectivity index (χ0) is 16.4. The zero-order valence-electron chi connectivity index (χ0n) is 14.0. The number of nitrogens with zero attached hydrogens (tertiary/aromatic N) is 4. The summed E-state index contributed by atoms with van der Waals surface area (Å²) in [6.07, 6.45) is 0. The van der Waals surface area contributed by atoms with E-state index in [-0.39, 0.29) is 0 Å². The molecule has 0 amide bonds. The van der Waals surface area contributed by atoms with Gasteiger partial charge in [0.05, 0.1) is 5.69 Å². The molecule has 0 radical (unpaired) electrons. The van der Waals surface area contributed by atoms with E-state index in [0.29, 0.717) is 0 Å². The maximum Gasteiger partial charge on any atom is 0.151 e. The zero-order valence-corrected chi connectivity index (χ0v) is 14.0. The Morgan fingerprint density at radius 2 is 1.62 bits per heavy atom. The van der Waals surface area contributed by atoms with Crippen LogP contribution in [0, 0.1) is 6.92 Å². The normalized spacial score (nSPS) is 15.8. The monoisotopic (exact) mass is 318 g/mol. The lowest BCUT2D eigenvalue weighted by molar-refractivity contribution is 0.249. The van der Waals surface area contributed by atoms with Crippen molar-refractivity contribution in [1.29, 1.82) is 0 Å². The number of benzene rings is 2. The van der Waals surface area contributed by atoms with Crippen molar-refractivity contribution in [3.63, 3.8) is 0 Å². The summed E-state index contributed by atoms with van der Waals surface area (Å²) < 4.78 is 0. The Kier molecular flexibility index (Phi) is 4.13. The summed E-state index contributed by atoms with van der Waals surface area (Å²) in [6, 6.07) is 19.4. The molecule has 24 heavy (non-hydrogen) atoms. The van der Waals surface area contributed by atoms with Crippen LogP contribution in [-0.4, -0.2) is 41.3 Å². The van der Waals surface area contributed by atoms with E-state index in [1.165, 1.54) is 16.3 Å². The minimum Gasteiger partial charge on any atom is -0.353 e. The molecule has 1 aliphatic rings. The largest absolute Gasteiger partial charge is 0.353 e. The number of anilines is 1. The van der Waals surface area contributed by atoms with E-state index in [1.807, 2.05) is 13.0 Å². The Morgan fingerprint density at radius 1 is 0.833 bits per heavy atom. The maximum atomic E-state index is 4.30. The highest BCUT2D eigenvalue weighted by atomic mass is 15.3. The summed E-state index contributed by atoms with van der Waals surface area (Å²) >= 11 is 0. The van der Waals surface area contributed by atoms with Crippen LogP contribution in [-0.2, 0) is 6.54 Å². The van der Waals surface area contributed by atoms with Gasteiger partial charge in [-0.3, -0.25) is 4.90 Å². The molecule has 1 fully saturated rings. The third-order valence-corrected chi connectivity index (χ3v) is 4.70. The van der Waals surface area contributed by atoms with Gasteiger partial charge in [-0.15, -0.1) is 5.10 Å². The second-order valence-electron chi connectivity index (χ2n) is 6.48. The Balaban J connectivity index is 1.39. The molecule has 4 heteroatoms. The molecular weight excluding hydrogens is 296 g/mol. The van der Waals surface area contributed by atoms with Crippen LogP contribution in [0.5, 0.6) is 0 Å². The Hall–Kier alpha value is -2.46. The lowest BCUT2D eigenvalue weighted by Crippen LogP contribution is -2.46. The van der Waals surface area contributed by atoms with E-state index < -0.39 is 0 Å². The summed E-state index contributed by atoms with van der Waals surface area (Å²) in [5, 5.41) is 11.1. The Bertz CT molecular complexity index is 820. The molecule has 2 aromatic carbocycles. The molecule has 2 heterocycles. The Morgan fingerprint density at radius 3 is 2.38 bits per heavy atom. The lowest BCUT2D eigenvalue weighted by Gasteiger charge is -2.35. The lowest BCUT2D eigenvalue weighted by atomic mass is 10.1. The predicted octanol–water partition coefficient (Wildman–Crippen LogP) is 3.26. The molecule has 122 valence electrons. The third kappa shape index (κ3) is 3.24. The fourth-order valence-corrected chi connectivity index (χ4v) is 3.29. The van der Waals surface area contributed by atoms with Crippen molar-refractivity contribution >= 4 is 16.6 Å². The second-order valence-corrected chi connectivity index (χ2v) is 6.48. The molecule has 1 saturated heterocycles. The first-order chi connectivity index (χ1) is 11.8. The molecule has 0 bridgehead atoms. The average molecular weight is 318 g/mol. The van der Waals surface area contributed by atoms with Crippen LogP contribution in [0.2, 0.25) is 0 Å². The van der Waals surface area contributed by atoms with Gasteiger partial charge in [0.25, 0.3) is 0 Å². The highest BCUT2D eigenvalue weighted by Crippen LogP contribution is 2.18. The fraction of sp³-hybridized carbons (Fsp3) is 0.300. The highest BCUT2D eigenvalue weighted by Gasteiger charge is 2.18. The first kappa shape index (κ1) is 15.1. The van der Waals surface area contributed by atoms with E-state index in [2.05, 4.69) is 68.5 Å². The van der Waals surface area contributed by atoms with E-state index in [0.717, 1.165) is 44.2 Å². The molecule has 4 nitrogen and oxygen atoms in total. The van der Waals surface area contributed by atoms with E-state index in [1.54, 1.807) is 0 Å². The molecule has 1 aliphatic heterocycles. The molecule has 0 N–H and O–H groups in total. The van der Waals surface area contributed by atoms with Gasteiger partial charge in [-0.1, -0.05) is 36.4 Å². The van der Waals surface area contributed by atoms with Crippen LogP contribution in [0.15, 0.2) is 54.6 Å². The highest BCUT2D eigenvalue weighted by molar-refractivity contribution is 5.82. The van der Waals surface area contributed by atoms with Crippen molar-refractivity contribution in [1.82, 2.24) is 15.1 Å². The molecule has 0 atom stereocenters. The standard InChI is InChI=1S/C20H22N4/c1-16-6-9-20(22-21-16)24-12-10-23(11-13-24)15-17-7-8-18-4-2-3-5-19(18)14-17/h2-9,14H,10-13,15H2,1H3. The molecule has 1 aromatic heterocycles. The van der Waals surface area contributed by atoms with E-state index in [4.69, 9.17) is 0 Å². The van der Waals surface area contributed by atoms with Gasteiger partial charge in [0.2, 0.25) is 0 Å². The summed E-state index contributed by atoms with van der Waals surface area (Å²) in [7, 11) is 0. The van der Waals surface area contributed by atoms with Crippen molar-refractivity contribution in [2.24, 2.45) is 0 Å². The molecule has 0 saturated carbocycles. The van der Waals surface area contributed by atoms with Crippen LogP contribution >= 0.6 is 0 Å². The van der Waals surface area contributed by atoms with Crippen molar-refractivity contribution in [3.8, 4) is 0 Å². The molecule has 3 aromatic rings. The maximum absolute atomic E-state index is 4.30. The molecule has 0 unspecified atom stereocenters. The fourth-order valence-electron chi connectivity index (χ4n) is 3.29. The SMILES string of the molecule is Cc1ccc(N2CCN(Cc3ccc4ccccc4c3)CC2)nn1. The predicted molar refractivity (Wildman–Crippen MR) is 98.2 cm³/mol. The van der Waals surface area contributed by atoms with Crippen LogP contribution in [0.3, 0.4) is 0 Å². The molecule has 4 rings (SSSR count). The number of aromatic nitrogens is 2.